The molecule has 18 atom stereocenters. The molecular formula is C48H84N4O12S. The lowest BCUT2D eigenvalue weighted by molar-refractivity contribution is -0.318. The van der Waals surface area contributed by atoms with Crippen LogP contribution in [0.15, 0.2) is 30.3 Å². The molecule has 0 spiro atoms. The van der Waals surface area contributed by atoms with Crippen molar-refractivity contribution in [2.24, 2.45) is 17.8 Å². The van der Waals surface area contributed by atoms with Gasteiger partial charge in [0.25, 0.3) is 0 Å². The van der Waals surface area contributed by atoms with E-state index >= 15 is 0 Å². The molecule has 374 valence electrons. The summed E-state index contributed by atoms with van der Waals surface area (Å²) in [5.74, 6) is -2.79. The van der Waals surface area contributed by atoms with Crippen molar-refractivity contribution >= 4 is 23.3 Å². The SMILES string of the molecule is CC[C@H]1OC(=O)[C@H](C)[C@@H](O[C@H]2C[C@@](C)(OC)[C@@H](O)[C@H](C)O2)[C@H](C)[C@@H](O[C@@H]2O[C@H](C)C[C@H](N(C)C)[C@H]2O)[C@](C)(O)C[C@@H](C)CN(CCNC(=S)NCCc2ccccc2)[C@H](C)[C@@H](O)[C@]1(C)O. The number of likely N-dealkylation sites (N-methyl/N-ethyl adjacent to an activating group) is 1. The third-order valence-electron chi connectivity index (χ3n) is 14.3. The zero-order chi connectivity index (χ0) is 48.6. The number of nitrogens with zero attached hydrogens (tertiary/aromatic N) is 2. The van der Waals surface area contributed by atoms with E-state index in [1.54, 1.807) is 34.6 Å². The van der Waals surface area contributed by atoms with Gasteiger partial charge >= 0.3 is 5.97 Å². The lowest BCUT2D eigenvalue weighted by atomic mass is 9.77. The molecule has 16 nitrogen and oxygen atoms in total. The molecule has 0 bridgehead atoms. The Labute approximate surface area is 394 Å². The first-order valence-electron chi connectivity index (χ1n) is 23.7. The minimum atomic E-state index is -1.89. The van der Waals surface area contributed by atoms with E-state index < -0.39 is 96.0 Å². The number of hydrogen-bond acceptors (Lipinski definition) is 15. The topological polar surface area (TPSA) is 204 Å². The number of thiocarbonyl (C=S) groups is 1. The van der Waals surface area contributed by atoms with Crippen LogP contribution in [0.1, 0.15) is 100 Å². The number of carbonyl (C=O) groups is 1. The molecule has 0 aliphatic carbocycles. The average molecular weight is 941 g/mol. The number of esters is 1. The van der Waals surface area contributed by atoms with Crippen LogP contribution in [0.5, 0.6) is 0 Å². The van der Waals surface area contributed by atoms with E-state index in [9.17, 15) is 30.3 Å². The fourth-order valence-corrected chi connectivity index (χ4v) is 10.4. The van der Waals surface area contributed by atoms with Gasteiger partial charge in [-0.2, -0.15) is 0 Å². The molecule has 0 amide bonds. The molecule has 3 fully saturated rings. The summed E-state index contributed by atoms with van der Waals surface area (Å²) in [4.78, 5) is 18.5. The van der Waals surface area contributed by atoms with Gasteiger partial charge in [-0.25, -0.2) is 0 Å². The third-order valence-corrected chi connectivity index (χ3v) is 14.6. The molecular weight excluding hydrogens is 857 g/mol. The molecule has 0 aromatic heterocycles. The Morgan fingerprint density at radius 3 is 2.20 bits per heavy atom. The van der Waals surface area contributed by atoms with Crippen molar-refractivity contribution < 1.29 is 58.7 Å². The molecule has 1 aromatic carbocycles. The Bertz CT molecular complexity index is 1630. The predicted octanol–water partition coefficient (Wildman–Crippen LogP) is 2.98. The maximum atomic E-state index is 14.5. The van der Waals surface area contributed by atoms with Crippen LogP contribution in [0.2, 0.25) is 0 Å². The number of rotatable bonds is 13. The van der Waals surface area contributed by atoms with Crippen LogP contribution in [0.25, 0.3) is 0 Å². The summed E-state index contributed by atoms with van der Waals surface area (Å²) in [6.45, 7) is 19.5. The second-order valence-corrected chi connectivity index (χ2v) is 20.5. The minimum absolute atomic E-state index is 0.112. The monoisotopic (exact) mass is 941 g/mol. The van der Waals surface area contributed by atoms with Crippen molar-refractivity contribution in [2.45, 2.75) is 192 Å². The first-order chi connectivity index (χ1) is 30.4. The van der Waals surface area contributed by atoms with Crippen LogP contribution < -0.4 is 10.6 Å². The van der Waals surface area contributed by atoms with Crippen molar-refractivity contribution in [3.8, 4) is 0 Å². The quantitative estimate of drug-likeness (QED) is 0.112. The molecule has 0 unspecified atom stereocenters. The predicted molar refractivity (Wildman–Crippen MR) is 252 cm³/mol. The molecule has 3 saturated heterocycles. The van der Waals surface area contributed by atoms with Crippen molar-refractivity contribution in [3.05, 3.63) is 35.9 Å². The van der Waals surface area contributed by atoms with Crippen LogP contribution in [0.3, 0.4) is 0 Å². The minimum Gasteiger partial charge on any atom is -0.459 e. The van der Waals surface area contributed by atoms with Gasteiger partial charge in [0, 0.05) is 57.7 Å². The summed E-state index contributed by atoms with van der Waals surface area (Å²) in [6.07, 6.45) is -7.98. The van der Waals surface area contributed by atoms with E-state index in [1.165, 1.54) is 19.6 Å². The first-order valence-corrected chi connectivity index (χ1v) is 24.1. The molecule has 7 N–H and O–H groups in total. The van der Waals surface area contributed by atoms with Crippen LogP contribution >= 0.6 is 12.2 Å². The number of aliphatic hydroxyl groups excluding tert-OH is 3. The Balaban J connectivity index is 1.73. The van der Waals surface area contributed by atoms with Crippen LogP contribution in [-0.2, 0) is 39.6 Å². The van der Waals surface area contributed by atoms with E-state index in [4.69, 9.17) is 40.6 Å². The highest BCUT2D eigenvalue weighted by Gasteiger charge is 2.53. The second kappa shape index (κ2) is 24.0. The summed E-state index contributed by atoms with van der Waals surface area (Å²) in [7, 11) is 5.28. The fourth-order valence-electron chi connectivity index (χ4n) is 10.2. The summed E-state index contributed by atoms with van der Waals surface area (Å²) < 4.78 is 38.1. The largest absolute Gasteiger partial charge is 0.459 e. The van der Waals surface area contributed by atoms with Crippen molar-refractivity contribution in [1.29, 1.82) is 0 Å². The molecule has 3 heterocycles. The van der Waals surface area contributed by atoms with Gasteiger partial charge in [-0.1, -0.05) is 51.1 Å². The molecule has 3 aliphatic rings. The zero-order valence-electron chi connectivity index (χ0n) is 41.3. The van der Waals surface area contributed by atoms with Crippen molar-refractivity contribution in [3.63, 3.8) is 0 Å². The highest BCUT2D eigenvalue weighted by molar-refractivity contribution is 7.80. The fraction of sp³-hybridized carbons (Fsp3) is 0.833. The number of cyclic esters (lactones) is 1. The van der Waals surface area contributed by atoms with Crippen LogP contribution in [0.4, 0.5) is 0 Å². The number of benzene rings is 1. The average Bonchev–Trinajstić information content (AvgIpc) is 3.24. The molecule has 3 aliphatic heterocycles. The normalized spacial score (nSPS) is 41.8. The van der Waals surface area contributed by atoms with E-state index in [-0.39, 0.29) is 37.3 Å². The summed E-state index contributed by atoms with van der Waals surface area (Å²) >= 11 is 5.62. The lowest BCUT2D eigenvalue weighted by Crippen LogP contribution is -2.60. The summed E-state index contributed by atoms with van der Waals surface area (Å²) in [6, 6.07) is 9.17. The Kier molecular flexibility index (Phi) is 20.5. The number of methoxy groups -OCH3 is 1. The van der Waals surface area contributed by atoms with E-state index in [2.05, 4.69) is 22.8 Å². The van der Waals surface area contributed by atoms with Gasteiger partial charge < -0.3 is 69.5 Å². The highest BCUT2D eigenvalue weighted by Crippen LogP contribution is 2.40. The molecule has 65 heavy (non-hydrogen) atoms. The first kappa shape index (κ1) is 55.5. The molecule has 1 aromatic rings. The Morgan fingerprint density at radius 1 is 0.938 bits per heavy atom. The molecule has 0 radical (unpaired) electrons. The number of hydrogen-bond donors (Lipinski definition) is 7. The smallest absolute Gasteiger partial charge is 0.311 e. The van der Waals surface area contributed by atoms with E-state index in [0.29, 0.717) is 37.7 Å². The maximum absolute atomic E-state index is 14.5. The number of ether oxygens (including phenoxy) is 6. The Hall–Kier alpha value is -2.10. The van der Waals surface area contributed by atoms with Crippen LogP contribution in [-0.4, -0.2) is 184 Å². The number of carbonyl (C=O) groups excluding carboxylic acids is 1. The van der Waals surface area contributed by atoms with E-state index in [0.717, 1.165) is 6.42 Å². The zero-order valence-corrected chi connectivity index (χ0v) is 42.1. The van der Waals surface area contributed by atoms with E-state index in [1.807, 2.05) is 69.8 Å². The van der Waals surface area contributed by atoms with Gasteiger partial charge in [0.15, 0.2) is 17.7 Å². The third kappa shape index (κ3) is 14.2. The lowest BCUT2D eigenvalue weighted by Gasteiger charge is -2.48. The highest BCUT2D eigenvalue weighted by atomic mass is 32.1. The standard InChI is InChI=1S/C48H84N4O12S/c1-14-36-48(10,58)40(54)32(6)52(23-22-50-45(65)49-21-20-34-18-16-15-17-19-34)27-28(2)25-46(8,57)42(64-44-38(53)35(51(11)12)24-29(3)60-44)30(4)39(31(5)43(56)62-36)63-37-26-47(9,59-13)41(55)33(7)61-37/h15-19,28-33,35-42,44,53-55,57-58H,14,20-27H2,1-13H3,(H2,49,50,65)/t28-,29-,30+,31-,32-,33+,35+,36-,37+,38-,39+,40-,41+,42-,44+,46-,47-,48-/m1/s1. The van der Waals surface area contributed by atoms with Gasteiger partial charge in [-0.15, -0.1) is 0 Å². The molecule has 4 rings (SSSR count). The number of nitrogens with one attached hydrogen (secondary N) is 2. The second-order valence-electron chi connectivity index (χ2n) is 20.1. The van der Waals surface area contributed by atoms with Gasteiger partial charge in [-0.05, 0) is 112 Å². The van der Waals surface area contributed by atoms with Gasteiger partial charge in [0.2, 0.25) is 0 Å². The van der Waals surface area contributed by atoms with Crippen LogP contribution in [0, 0.1) is 17.8 Å². The molecule has 17 heteroatoms. The van der Waals surface area contributed by atoms with Gasteiger partial charge in [0.05, 0.1) is 41.5 Å². The molecule has 0 saturated carbocycles. The summed E-state index contributed by atoms with van der Waals surface area (Å²) in [5.41, 5.74) is -3.38. The maximum Gasteiger partial charge on any atom is 0.311 e. The van der Waals surface area contributed by atoms with Crippen molar-refractivity contribution in [2.75, 3.05) is 47.4 Å². The Morgan fingerprint density at radius 2 is 1.58 bits per heavy atom. The van der Waals surface area contributed by atoms with Crippen molar-refractivity contribution in [1.82, 2.24) is 20.4 Å². The number of aliphatic hydroxyl groups is 5. The van der Waals surface area contributed by atoms with Gasteiger partial charge in [-0.3, -0.25) is 9.69 Å². The van der Waals surface area contributed by atoms with Gasteiger partial charge in [0.1, 0.15) is 30.0 Å². The summed E-state index contributed by atoms with van der Waals surface area (Å²) in [5, 5.41) is 66.9.